The molecule has 1 heterocycles. The number of nitrogens with zero attached hydrogens (tertiary/aromatic N) is 2. The number of anilines is 1. The van der Waals surface area contributed by atoms with Gasteiger partial charge >= 0.3 is 0 Å². The number of benzene rings is 1. The van der Waals surface area contributed by atoms with Crippen molar-refractivity contribution in [3.8, 4) is 0 Å². The van der Waals surface area contributed by atoms with Crippen LogP contribution in [0.5, 0.6) is 0 Å². The molecule has 2 N–H and O–H groups in total. The third-order valence-electron chi connectivity index (χ3n) is 7.00. The SMILES string of the molecule is Cc1cccc(C)c1NC(=O)CN1CCN(CC(=O)NC2CCCC(C)C2C)CC1. The molecule has 2 amide bonds. The predicted octanol–water partition coefficient (Wildman–Crippen LogP) is 2.80. The van der Waals surface area contributed by atoms with Crippen molar-refractivity contribution in [2.24, 2.45) is 11.8 Å². The molecule has 1 aliphatic heterocycles. The zero-order valence-corrected chi connectivity index (χ0v) is 19.0. The molecule has 2 fully saturated rings. The van der Waals surface area contributed by atoms with Crippen LogP contribution in [0, 0.1) is 25.7 Å². The largest absolute Gasteiger partial charge is 0.352 e. The minimum atomic E-state index is 0.0269. The highest BCUT2D eigenvalue weighted by molar-refractivity contribution is 5.93. The second kappa shape index (κ2) is 10.4. The molecule has 30 heavy (non-hydrogen) atoms. The lowest BCUT2D eigenvalue weighted by atomic mass is 9.78. The van der Waals surface area contributed by atoms with Crippen molar-refractivity contribution < 1.29 is 9.59 Å². The standard InChI is InChI=1S/C24H38N4O2/c1-17-7-6-10-21(20(17)4)25-22(29)15-27-11-13-28(14-12-27)16-23(30)26-24-18(2)8-5-9-19(24)3/h5,8-9,17,20-21H,6-7,10-16H2,1-4H3,(H,25,29)(H,26,30). The zero-order chi connectivity index (χ0) is 21.7. The van der Waals surface area contributed by atoms with Crippen LogP contribution in [0.1, 0.15) is 44.2 Å². The van der Waals surface area contributed by atoms with E-state index in [0.29, 0.717) is 31.0 Å². The van der Waals surface area contributed by atoms with Gasteiger partial charge in [-0.15, -0.1) is 0 Å². The highest BCUT2D eigenvalue weighted by Crippen LogP contribution is 2.29. The Morgan fingerprint density at radius 3 is 2.10 bits per heavy atom. The van der Waals surface area contributed by atoms with Crippen LogP contribution in [0.25, 0.3) is 0 Å². The van der Waals surface area contributed by atoms with Crippen LogP contribution in [0.15, 0.2) is 18.2 Å². The highest BCUT2D eigenvalue weighted by Gasteiger charge is 2.29. The topological polar surface area (TPSA) is 64.7 Å². The second-order valence-electron chi connectivity index (χ2n) is 9.31. The van der Waals surface area contributed by atoms with Crippen LogP contribution >= 0.6 is 0 Å². The van der Waals surface area contributed by atoms with Gasteiger partial charge in [0.05, 0.1) is 13.1 Å². The molecule has 0 aromatic heterocycles. The van der Waals surface area contributed by atoms with Gasteiger partial charge in [0.25, 0.3) is 0 Å². The van der Waals surface area contributed by atoms with Crippen LogP contribution in [0.4, 0.5) is 5.69 Å². The molecule has 1 saturated heterocycles. The van der Waals surface area contributed by atoms with Crippen LogP contribution in [0.2, 0.25) is 0 Å². The van der Waals surface area contributed by atoms with Gasteiger partial charge in [-0.05, 0) is 43.2 Å². The van der Waals surface area contributed by atoms with E-state index in [1.807, 2.05) is 32.0 Å². The number of hydrogen-bond acceptors (Lipinski definition) is 4. The Kier molecular flexibility index (Phi) is 7.89. The van der Waals surface area contributed by atoms with Crippen molar-refractivity contribution in [2.45, 2.75) is 53.0 Å². The van der Waals surface area contributed by atoms with E-state index in [4.69, 9.17) is 0 Å². The second-order valence-corrected chi connectivity index (χ2v) is 9.31. The quantitative estimate of drug-likeness (QED) is 0.751. The van der Waals surface area contributed by atoms with Crippen LogP contribution in [0.3, 0.4) is 0 Å². The van der Waals surface area contributed by atoms with Crippen molar-refractivity contribution in [1.29, 1.82) is 0 Å². The number of amides is 2. The molecule has 6 heteroatoms. The maximum absolute atomic E-state index is 12.5. The molecular weight excluding hydrogens is 376 g/mol. The monoisotopic (exact) mass is 414 g/mol. The summed E-state index contributed by atoms with van der Waals surface area (Å²) in [4.78, 5) is 29.4. The molecular formula is C24H38N4O2. The average molecular weight is 415 g/mol. The number of carbonyl (C=O) groups excluding carboxylic acids is 2. The fourth-order valence-corrected chi connectivity index (χ4v) is 4.74. The summed E-state index contributed by atoms with van der Waals surface area (Å²) < 4.78 is 0. The number of nitrogens with one attached hydrogen (secondary N) is 2. The maximum atomic E-state index is 12.5. The summed E-state index contributed by atoms with van der Waals surface area (Å²) in [6.07, 6.45) is 3.58. The van der Waals surface area contributed by atoms with E-state index in [1.54, 1.807) is 0 Å². The van der Waals surface area contributed by atoms with Gasteiger partial charge in [0.1, 0.15) is 0 Å². The van der Waals surface area contributed by atoms with Crippen LogP contribution in [-0.2, 0) is 9.59 Å². The van der Waals surface area contributed by atoms with Gasteiger partial charge in [-0.3, -0.25) is 19.4 Å². The molecule has 6 nitrogen and oxygen atoms in total. The molecule has 166 valence electrons. The Morgan fingerprint density at radius 1 is 0.933 bits per heavy atom. The van der Waals surface area contributed by atoms with Gasteiger partial charge in [0.15, 0.2) is 0 Å². The van der Waals surface area contributed by atoms with Gasteiger partial charge in [-0.25, -0.2) is 0 Å². The summed E-state index contributed by atoms with van der Waals surface area (Å²) >= 11 is 0. The Balaban J connectivity index is 1.39. The average Bonchev–Trinajstić information content (AvgIpc) is 2.70. The minimum Gasteiger partial charge on any atom is -0.352 e. The smallest absolute Gasteiger partial charge is 0.238 e. The molecule has 3 unspecified atom stereocenters. The molecule has 0 spiro atoms. The molecule has 1 aromatic carbocycles. The number of rotatable bonds is 6. The first-order valence-electron chi connectivity index (χ1n) is 11.4. The fraction of sp³-hybridized carbons (Fsp3) is 0.667. The Hall–Kier alpha value is -1.92. The predicted molar refractivity (Wildman–Crippen MR) is 122 cm³/mol. The van der Waals surface area contributed by atoms with Gasteiger partial charge in [-0.2, -0.15) is 0 Å². The first-order valence-corrected chi connectivity index (χ1v) is 11.4. The van der Waals surface area contributed by atoms with Crippen LogP contribution < -0.4 is 10.6 Å². The maximum Gasteiger partial charge on any atom is 0.238 e. The first-order chi connectivity index (χ1) is 14.3. The summed E-state index contributed by atoms with van der Waals surface area (Å²) in [6, 6.07) is 6.35. The summed E-state index contributed by atoms with van der Waals surface area (Å²) in [5.41, 5.74) is 3.09. The van der Waals surface area contributed by atoms with E-state index in [2.05, 4.69) is 34.3 Å². The number of hydrogen-bond donors (Lipinski definition) is 2. The van der Waals surface area contributed by atoms with Crippen LogP contribution in [-0.4, -0.2) is 66.9 Å². The number of carbonyl (C=O) groups is 2. The van der Waals surface area contributed by atoms with Crippen molar-refractivity contribution in [1.82, 2.24) is 15.1 Å². The van der Waals surface area contributed by atoms with Crippen molar-refractivity contribution in [2.75, 3.05) is 44.6 Å². The fourth-order valence-electron chi connectivity index (χ4n) is 4.74. The van der Waals surface area contributed by atoms with E-state index in [9.17, 15) is 9.59 Å². The van der Waals surface area contributed by atoms with Gasteiger partial charge in [-0.1, -0.05) is 44.9 Å². The summed E-state index contributed by atoms with van der Waals surface area (Å²) in [5, 5.41) is 6.33. The number of aryl methyl sites for hydroxylation is 2. The van der Waals surface area contributed by atoms with Gasteiger partial charge in [0, 0.05) is 37.9 Å². The number of para-hydroxylation sites is 1. The molecule has 3 atom stereocenters. The molecule has 1 aromatic rings. The zero-order valence-electron chi connectivity index (χ0n) is 19.0. The van der Waals surface area contributed by atoms with Crippen molar-refractivity contribution in [3.63, 3.8) is 0 Å². The van der Waals surface area contributed by atoms with E-state index in [1.165, 1.54) is 12.8 Å². The summed E-state index contributed by atoms with van der Waals surface area (Å²) in [6.45, 7) is 12.7. The lowest BCUT2D eigenvalue weighted by Gasteiger charge is -2.36. The first kappa shape index (κ1) is 22.8. The molecule has 0 bridgehead atoms. The number of piperazine rings is 1. The lowest BCUT2D eigenvalue weighted by Crippen LogP contribution is -2.52. The minimum absolute atomic E-state index is 0.0269. The lowest BCUT2D eigenvalue weighted by molar-refractivity contribution is -0.124. The summed E-state index contributed by atoms with van der Waals surface area (Å²) in [7, 11) is 0. The third kappa shape index (κ3) is 6.05. The van der Waals surface area contributed by atoms with Gasteiger partial charge in [0.2, 0.25) is 11.8 Å². The summed E-state index contributed by atoms with van der Waals surface area (Å²) in [5.74, 6) is 1.40. The molecule has 1 aliphatic carbocycles. The van der Waals surface area contributed by atoms with E-state index >= 15 is 0 Å². The Morgan fingerprint density at radius 2 is 1.50 bits per heavy atom. The normalized spacial score (nSPS) is 25.7. The van der Waals surface area contributed by atoms with E-state index < -0.39 is 0 Å². The molecule has 2 aliphatic rings. The van der Waals surface area contributed by atoms with Gasteiger partial charge < -0.3 is 10.6 Å². The Bertz CT molecular complexity index is 722. The van der Waals surface area contributed by atoms with Crippen molar-refractivity contribution >= 4 is 17.5 Å². The molecule has 1 saturated carbocycles. The molecule has 0 radical (unpaired) electrons. The third-order valence-corrected chi connectivity index (χ3v) is 7.00. The van der Waals surface area contributed by atoms with Crippen molar-refractivity contribution in [3.05, 3.63) is 29.3 Å². The highest BCUT2D eigenvalue weighted by atomic mass is 16.2. The molecule has 3 rings (SSSR count). The Labute approximate surface area is 181 Å². The van der Waals surface area contributed by atoms with E-state index in [0.717, 1.165) is 49.4 Å². The van der Waals surface area contributed by atoms with E-state index in [-0.39, 0.29) is 11.8 Å².